The molecule has 0 aromatic carbocycles. The summed E-state index contributed by atoms with van der Waals surface area (Å²) in [5, 5.41) is 0.269. The molecule has 0 bridgehead atoms. The molecule has 17 heavy (non-hydrogen) atoms. The average Bonchev–Trinajstić information content (AvgIpc) is 2.28. The third-order valence-corrected chi connectivity index (χ3v) is 3.45. The van der Waals surface area contributed by atoms with E-state index in [1.54, 1.807) is 29.5 Å². The van der Waals surface area contributed by atoms with E-state index in [2.05, 4.69) is 20.9 Å². The summed E-state index contributed by atoms with van der Waals surface area (Å²) >= 11 is 4.82. The number of esters is 1. The van der Waals surface area contributed by atoms with Crippen LogP contribution >= 0.6 is 38.5 Å². The normalized spacial score (nSPS) is 10.7. The van der Waals surface area contributed by atoms with Gasteiger partial charge >= 0.3 is 5.97 Å². The molecule has 0 aliphatic rings. The molecular weight excluding hydrogens is 411 g/mol. The Morgan fingerprint density at radius 3 is 2.76 bits per heavy atom. The number of nitrogens with zero attached hydrogens (tertiary/aromatic N) is 1. The lowest BCUT2D eigenvalue weighted by Gasteiger charge is -2.12. The molecule has 0 aliphatic heterocycles. The number of aromatic nitrogens is 1. The van der Waals surface area contributed by atoms with Gasteiger partial charge in [-0.2, -0.15) is 0 Å². The Hall–Kier alpha value is -0.310. The third-order valence-electron chi connectivity index (χ3n) is 1.99. The Morgan fingerprint density at radius 2 is 2.29 bits per heavy atom. The van der Waals surface area contributed by atoms with Gasteiger partial charge in [0, 0.05) is 11.5 Å². The SMILES string of the molecule is CCOC(=O)c1c(CBr)cnc(I)c1C(F)F. The number of halogens is 4. The molecule has 0 atom stereocenters. The summed E-state index contributed by atoms with van der Waals surface area (Å²) in [6.07, 6.45) is -1.36. The monoisotopic (exact) mass is 419 g/mol. The van der Waals surface area contributed by atoms with E-state index in [0.29, 0.717) is 5.56 Å². The molecule has 0 N–H and O–H groups in total. The van der Waals surface area contributed by atoms with Crippen LogP contribution in [0.1, 0.15) is 34.8 Å². The fourth-order valence-corrected chi connectivity index (χ4v) is 2.36. The largest absolute Gasteiger partial charge is 0.462 e. The van der Waals surface area contributed by atoms with Crippen LogP contribution in [0.3, 0.4) is 0 Å². The van der Waals surface area contributed by atoms with Gasteiger partial charge in [-0.05, 0) is 35.1 Å². The van der Waals surface area contributed by atoms with Gasteiger partial charge in [-0.1, -0.05) is 15.9 Å². The molecule has 1 rings (SSSR count). The maximum Gasteiger partial charge on any atom is 0.339 e. The van der Waals surface area contributed by atoms with E-state index < -0.39 is 12.4 Å². The van der Waals surface area contributed by atoms with Crippen LogP contribution in [0.15, 0.2) is 6.20 Å². The zero-order valence-electron chi connectivity index (χ0n) is 8.84. The van der Waals surface area contributed by atoms with E-state index in [4.69, 9.17) is 4.74 Å². The molecule has 3 nitrogen and oxygen atoms in total. The Bertz CT molecular complexity index is 429. The predicted molar refractivity (Wildman–Crippen MR) is 70.5 cm³/mol. The molecule has 0 fully saturated rings. The summed E-state index contributed by atoms with van der Waals surface area (Å²) in [5.41, 5.74) is -0.0432. The van der Waals surface area contributed by atoms with Gasteiger partial charge in [-0.15, -0.1) is 0 Å². The fourth-order valence-electron chi connectivity index (χ4n) is 1.29. The van der Waals surface area contributed by atoms with E-state index in [1.807, 2.05) is 0 Å². The Balaban J connectivity index is 3.40. The molecule has 0 amide bonds. The van der Waals surface area contributed by atoms with E-state index in [0.717, 1.165) is 0 Å². The van der Waals surface area contributed by atoms with Crippen molar-refractivity contribution in [2.75, 3.05) is 6.61 Å². The summed E-state index contributed by atoms with van der Waals surface area (Å²) in [5.74, 6) is -0.738. The first-order chi connectivity index (χ1) is 8.02. The quantitative estimate of drug-likeness (QED) is 0.323. The number of carbonyl (C=O) groups is 1. The van der Waals surface area contributed by atoms with Gasteiger partial charge in [0.1, 0.15) is 3.70 Å². The van der Waals surface area contributed by atoms with Gasteiger partial charge in [-0.3, -0.25) is 0 Å². The lowest BCUT2D eigenvalue weighted by Crippen LogP contribution is -2.14. The van der Waals surface area contributed by atoms with Crippen molar-refractivity contribution in [2.24, 2.45) is 0 Å². The van der Waals surface area contributed by atoms with Crippen molar-refractivity contribution in [1.29, 1.82) is 0 Å². The molecule has 0 unspecified atom stereocenters. The Morgan fingerprint density at radius 1 is 1.65 bits per heavy atom. The van der Waals surface area contributed by atoms with Crippen LogP contribution in [0.25, 0.3) is 0 Å². The molecular formula is C10H9BrF2INO2. The topological polar surface area (TPSA) is 39.2 Å². The molecule has 1 aromatic heterocycles. The minimum atomic E-state index is -2.76. The Kier molecular flexibility index (Phi) is 5.71. The van der Waals surface area contributed by atoms with Crippen LogP contribution in [-0.4, -0.2) is 17.6 Å². The van der Waals surface area contributed by atoms with Crippen LogP contribution in [-0.2, 0) is 10.1 Å². The second kappa shape index (κ2) is 6.58. The second-order valence-electron chi connectivity index (χ2n) is 3.02. The van der Waals surface area contributed by atoms with Crippen molar-refractivity contribution >= 4 is 44.5 Å². The standard InChI is InChI=1S/C10H9BrF2INO2/c1-2-17-10(16)6-5(3-11)4-15-9(14)7(6)8(12)13/h4,8H,2-3H2,1H3. The highest BCUT2D eigenvalue weighted by Crippen LogP contribution is 2.30. The number of pyridine rings is 1. The van der Waals surface area contributed by atoms with E-state index >= 15 is 0 Å². The number of hydrogen-bond acceptors (Lipinski definition) is 3. The smallest absolute Gasteiger partial charge is 0.339 e. The highest BCUT2D eigenvalue weighted by atomic mass is 127. The average molecular weight is 420 g/mol. The molecule has 1 aromatic rings. The highest BCUT2D eigenvalue weighted by molar-refractivity contribution is 14.1. The molecule has 0 spiro atoms. The van der Waals surface area contributed by atoms with Crippen LogP contribution < -0.4 is 0 Å². The first kappa shape index (κ1) is 14.7. The molecule has 0 saturated heterocycles. The summed E-state index contributed by atoms with van der Waals surface area (Å²) in [4.78, 5) is 15.5. The number of rotatable bonds is 4. The summed E-state index contributed by atoms with van der Waals surface area (Å²) in [7, 11) is 0. The van der Waals surface area contributed by atoms with Crippen LogP contribution in [0.5, 0.6) is 0 Å². The number of ether oxygens (including phenoxy) is 1. The maximum atomic E-state index is 12.9. The first-order valence-corrected chi connectivity index (χ1v) is 6.91. The van der Waals surface area contributed by atoms with E-state index in [-0.39, 0.29) is 26.8 Å². The first-order valence-electron chi connectivity index (χ1n) is 4.71. The van der Waals surface area contributed by atoms with E-state index in [9.17, 15) is 13.6 Å². The molecule has 0 saturated carbocycles. The van der Waals surface area contributed by atoms with Crippen molar-refractivity contribution in [3.05, 3.63) is 26.6 Å². The van der Waals surface area contributed by atoms with Crippen LogP contribution in [0.4, 0.5) is 8.78 Å². The van der Waals surface area contributed by atoms with Crippen molar-refractivity contribution < 1.29 is 18.3 Å². The van der Waals surface area contributed by atoms with Gasteiger partial charge in [0.2, 0.25) is 0 Å². The van der Waals surface area contributed by atoms with Crippen molar-refractivity contribution in [2.45, 2.75) is 18.7 Å². The van der Waals surface area contributed by atoms with Crippen LogP contribution in [0, 0.1) is 3.70 Å². The molecule has 0 radical (unpaired) electrons. The minimum Gasteiger partial charge on any atom is -0.462 e. The molecule has 1 heterocycles. The molecule has 94 valence electrons. The predicted octanol–water partition coefficient (Wildman–Crippen LogP) is 3.70. The second-order valence-corrected chi connectivity index (χ2v) is 4.60. The van der Waals surface area contributed by atoms with Gasteiger partial charge in [0.25, 0.3) is 6.43 Å². The zero-order valence-corrected chi connectivity index (χ0v) is 12.6. The zero-order chi connectivity index (χ0) is 13.0. The summed E-state index contributed by atoms with van der Waals surface area (Å²) in [6.45, 7) is 1.77. The molecule has 0 aliphatic carbocycles. The van der Waals surface area contributed by atoms with Gasteiger partial charge in [0.15, 0.2) is 0 Å². The lowest BCUT2D eigenvalue weighted by atomic mass is 10.1. The minimum absolute atomic E-state index is 0.0851. The van der Waals surface area contributed by atoms with Crippen molar-refractivity contribution in [1.82, 2.24) is 4.98 Å². The third kappa shape index (κ3) is 3.34. The Labute approximate surface area is 119 Å². The number of carbonyl (C=O) groups excluding carboxylic acids is 1. The van der Waals surface area contributed by atoms with Gasteiger partial charge in [-0.25, -0.2) is 18.6 Å². The number of hydrogen-bond donors (Lipinski definition) is 0. The summed E-state index contributed by atoms with van der Waals surface area (Å²) < 4.78 is 30.8. The van der Waals surface area contributed by atoms with Crippen molar-refractivity contribution in [3.63, 3.8) is 0 Å². The number of alkyl halides is 3. The fraction of sp³-hybridized carbons (Fsp3) is 0.400. The van der Waals surface area contributed by atoms with Crippen LogP contribution in [0.2, 0.25) is 0 Å². The van der Waals surface area contributed by atoms with Gasteiger partial charge < -0.3 is 4.74 Å². The van der Waals surface area contributed by atoms with E-state index in [1.165, 1.54) is 6.20 Å². The maximum absolute atomic E-state index is 12.9. The molecule has 7 heteroatoms. The summed E-state index contributed by atoms with van der Waals surface area (Å²) in [6, 6.07) is 0. The lowest BCUT2D eigenvalue weighted by molar-refractivity contribution is 0.0513. The van der Waals surface area contributed by atoms with Gasteiger partial charge in [0.05, 0.1) is 17.7 Å². The van der Waals surface area contributed by atoms with Crippen molar-refractivity contribution in [3.8, 4) is 0 Å². The highest BCUT2D eigenvalue weighted by Gasteiger charge is 2.26.